The molecule has 1 amide bonds. The minimum absolute atomic E-state index is 0.301. The largest absolute Gasteiger partial charge is 0.297 e. The predicted octanol–water partition coefficient (Wildman–Crippen LogP) is 4.71. The highest BCUT2D eigenvalue weighted by Crippen LogP contribution is 2.28. The Bertz CT molecular complexity index is 990. The summed E-state index contributed by atoms with van der Waals surface area (Å²) in [5.41, 5.74) is 1.61. The van der Waals surface area contributed by atoms with Gasteiger partial charge in [-0.05, 0) is 30.5 Å². The van der Waals surface area contributed by atoms with Crippen molar-refractivity contribution in [3.05, 3.63) is 72.8 Å². The van der Waals surface area contributed by atoms with E-state index in [1.54, 1.807) is 11.8 Å². The molecule has 1 atom stereocenters. The number of carbonyl (C=O) groups is 1. The van der Waals surface area contributed by atoms with Crippen LogP contribution in [0.3, 0.4) is 0 Å². The lowest BCUT2D eigenvalue weighted by Crippen LogP contribution is -2.35. The third-order valence-electron chi connectivity index (χ3n) is 4.16. The van der Waals surface area contributed by atoms with Gasteiger partial charge in [-0.1, -0.05) is 54.6 Å². The number of azo groups is 1. The Morgan fingerprint density at radius 3 is 2.48 bits per heavy atom. The fraction of sp³-hybridized carbons (Fsp3) is 0.100. The molecule has 0 N–H and O–H groups in total. The number of benzene rings is 3. The number of hydrogen-bond acceptors (Lipinski definition) is 4. The quantitative estimate of drug-likeness (QED) is 0.653. The van der Waals surface area contributed by atoms with Gasteiger partial charge in [-0.3, -0.25) is 9.69 Å². The Hall–Kier alpha value is -3.34. The highest BCUT2D eigenvalue weighted by Gasteiger charge is 2.34. The van der Waals surface area contributed by atoms with Gasteiger partial charge in [0.25, 0.3) is 5.91 Å². The summed E-state index contributed by atoms with van der Waals surface area (Å²) in [4.78, 5) is 18.1. The number of anilines is 1. The molecule has 1 heterocycles. The maximum atomic E-state index is 12.3. The standard InChI is InChI=1S/C20H16N4O/c1-14-21-20(25)19(24(14)16-10-3-2-4-11-16)23-22-18-13-7-9-15-8-5-6-12-17(15)18/h2-13,19H,1H3. The number of hydrogen-bond donors (Lipinski definition) is 0. The zero-order valence-corrected chi connectivity index (χ0v) is 13.7. The summed E-state index contributed by atoms with van der Waals surface area (Å²) in [7, 11) is 0. The van der Waals surface area contributed by atoms with Crippen molar-refractivity contribution in [3.63, 3.8) is 0 Å². The summed E-state index contributed by atoms with van der Waals surface area (Å²) in [5.74, 6) is 0.323. The van der Waals surface area contributed by atoms with E-state index < -0.39 is 6.17 Å². The van der Waals surface area contributed by atoms with E-state index in [0.717, 1.165) is 22.1 Å². The van der Waals surface area contributed by atoms with Gasteiger partial charge in [-0.2, -0.15) is 15.2 Å². The second kappa shape index (κ2) is 6.28. The first kappa shape index (κ1) is 15.2. The number of para-hydroxylation sites is 1. The molecular formula is C20H16N4O. The Balaban J connectivity index is 1.71. The summed E-state index contributed by atoms with van der Waals surface area (Å²) in [6.45, 7) is 1.80. The highest BCUT2D eigenvalue weighted by atomic mass is 16.2. The number of carbonyl (C=O) groups excluding carboxylic acids is 1. The smallest absolute Gasteiger partial charge is 0.295 e. The van der Waals surface area contributed by atoms with Crippen molar-refractivity contribution in [1.29, 1.82) is 0 Å². The second-order valence-corrected chi connectivity index (χ2v) is 5.79. The number of fused-ring (bicyclic) bond motifs is 1. The molecule has 122 valence electrons. The summed E-state index contributed by atoms with van der Waals surface area (Å²) in [6.07, 6.45) is -0.763. The monoisotopic (exact) mass is 328 g/mol. The van der Waals surface area contributed by atoms with Crippen LogP contribution >= 0.6 is 0 Å². The normalized spacial score (nSPS) is 17.5. The first-order valence-corrected chi connectivity index (χ1v) is 8.06. The fourth-order valence-electron chi connectivity index (χ4n) is 2.99. The summed E-state index contributed by atoms with van der Waals surface area (Å²) in [6, 6.07) is 23.5. The lowest BCUT2D eigenvalue weighted by molar-refractivity contribution is -0.118. The van der Waals surface area contributed by atoms with Crippen molar-refractivity contribution >= 4 is 33.9 Å². The molecule has 5 nitrogen and oxygen atoms in total. The molecule has 1 aliphatic rings. The van der Waals surface area contributed by atoms with E-state index in [4.69, 9.17) is 0 Å². The Kier molecular flexibility index (Phi) is 3.82. The first-order valence-electron chi connectivity index (χ1n) is 8.06. The van der Waals surface area contributed by atoms with Crippen LogP contribution < -0.4 is 4.90 Å². The zero-order chi connectivity index (χ0) is 17.2. The molecular weight excluding hydrogens is 312 g/mol. The van der Waals surface area contributed by atoms with Gasteiger partial charge in [0.05, 0.1) is 5.69 Å². The van der Waals surface area contributed by atoms with Crippen molar-refractivity contribution < 1.29 is 4.79 Å². The Labute approximate surface area is 145 Å². The molecule has 0 aromatic heterocycles. The Morgan fingerprint density at radius 1 is 0.920 bits per heavy atom. The number of amidine groups is 1. The van der Waals surface area contributed by atoms with Crippen LogP contribution in [0.5, 0.6) is 0 Å². The van der Waals surface area contributed by atoms with Crippen molar-refractivity contribution in [2.24, 2.45) is 15.2 Å². The van der Waals surface area contributed by atoms with E-state index in [2.05, 4.69) is 15.2 Å². The third kappa shape index (κ3) is 2.80. The van der Waals surface area contributed by atoms with Gasteiger partial charge in [0.2, 0.25) is 6.17 Å². The average Bonchev–Trinajstić information content (AvgIpc) is 2.94. The molecule has 0 saturated carbocycles. The number of amides is 1. The maximum absolute atomic E-state index is 12.3. The van der Waals surface area contributed by atoms with Crippen molar-refractivity contribution in [3.8, 4) is 0 Å². The van der Waals surface area contributed by atoms with E-state index in [1.807, 2.05) is 72.8 Å². The number of aliphatic imine (C=N–C) groups is 1. The average molecular weight is 328 g/mol. The summed E-state index contributed by atoms with van der Waals surface area (Å²) < 4.78 is 0. The molecule has 5 heteroatoms. The van der Waals surface area contributed by atoms with Crippen LogP contribution in [0.2, 0.25) is 0 Å². The van der Waals surface area contributed by atoms with Gasteiger partial charge < -0.3 is 0 Å². The molecule has 0 radical (unpaired) electrons. The van der Waals surface area contributed by atoms with Gasteiger partial charge in [0.15, 0.2) is 0 Å². The van der Waals surface area contributed by atoms with Crippen LogP contribution in [0.15, 0.2) is 88.0 Å². The second-order valence-electron chi connectivity index (χ2n) is 5.79. The lowest BCUT2D eigenvalue weighted by atomic mass is 10.1. The van der Waals surface area contributed by atoms with Crippen LogP contribution in [0.4, 0.5) is 11.4 Å². The Morgan fingerprint density at radius 2 is 1.64 bits per heavy atom. The van der Waals surface area contributed by atoms with Crippen LogP contribution in [0, 0.1) is 0 Å². The molecule has 0 bridgehead atoms. The topological polar surface area (TPSA) is 57.4 Å². The molecule has 0 aliphatic carbocycles. The summed E-state index contributed by atoms with van der Waals surface area (Å²) >= 11 is 0. The van der Waals surface area contributed by atoms with Crippen molar-refractivity contribution in [1.82, 2.24) is 0 Å². The molecule has 1 aliphatic heterocycles. The van der Waals surface area contributed by atoms with Crippen LogP contribution in [-0.4, -0.2) is 17.9 Å². The molecule has 0 spiro atoms. The van der Waals surface area contributed by atoms with Gasteiger partial charge >= 0.3 is 0 Å². The maximum Gasteiger partial charge on any atom is 0.295 e. The molecule has 1 unspecified atom stereocenters. The van der Waals surface area contributed by atoms with E-state index in [9.17, 15) is 4.79 Å². The third-order valence-corrected chi connectivity index (χ3v) is 4.16. The fourth-order valence-corrected chi connectivity index (χ4v) is 2.99. The van der Waals surface area contributed by atoms with E-state index in [-0.39, 0.29) is 5.91 Å². The van der Waals surface area contributed by atoms with E-state index in [0.29, 0.717) is 5.84 Å². The summed E-state index contributed by atoms with van der Waals surface area (Å²) in [5, 5.41) is 10.8. The lowest BCUT2D eigenvalue weighted by Gasteiger charge is -2.21. The van der Waals surface area contributed by atoms with Gasteiger partial charge in [-0.25, -0.2) is 0 Å². The number of nitrogens with zero attached hydrogens (tertiary/aromatic N) is 4. The van der Waals surface area contributed by atoms with E-state index >= 15 is 0 Å². The molecule has 3 aromatic carbocycles. The molecule has 3 aromatic rings. The SMILES string of the molecule is CC1=NC(=O)C(N=Nc2cccc3ccccc23)N1c1ccccc1. The van der Waals surface area contributed by atoms with Crippen LogP contribution in [-0.2, 0) is 4.79 Å². The molecule has 4 rings (SSSR count). The molecule has 0 fully saturated rings. The van der Waals surface area contributed by atoms with Gasteiger partial charge in [0, 0.05) is 11.1 Å². The van der Waals surface area contributed by atoms with Crippen LogP contribution in [0.25, 0.3) is 10.8 Å². The predicted molar refractivity (Wildman–Crippen MR) is 99.3 cm³/mol. The van der Waals surface area contributed by atoms with Gasteiger partial charge in [0.1, 0.15) is 5.84 Å². The van der Waals surface area contributed by atoms with Gasteiger partial charge in [-0.15, -0.1) is 0 Å². The molecule has 25 heavy (non-hydrogen) atoms. The zero-order valence-electron chi connectivity index (χ0n) is 13.7. The van der Waals surface area contributed by atoms with Crippen molar-refractivity contribution in [2.75, 3.05) is 4.90 Å². The highest BCUT2D eigenvalue weighted by molar-refractivity contribution is 6.13. The first-order chi connectivity index (χ1) is 12.2. The van der Waals surface area contributed by atoms with E-state index in [1.165, 1.54) is 0 Å². The van der Waals surface area contributed by atoms with Crippen molar-refractivity contribution in [2.45, 2.75) is 13.1 Å². The van der Waals surface area contributed by atoms with Crippen LogP contribution in [0.1, 0.15) is 6.92 Å². The molecule has 0 saturated heterocycles. The number of rotatable bonds is 3. The minimum atomic E-state index is -0.763. The minimum Gasteiger partial charge on any atom is -0.297 e.